The standard InChI is InChI=1S/C14H13IN2O/c1-10(12-3-2-8-16-9-12)17-14(18)11-4-6-13(15)7-5-11/h2-10H,1H3,(H,17,18). The number of hydrogen-bond acceptors (Lipinski definition) is 2. The molecule has 0 saturated carbocycles. The Labute approximate surface area is 120 Å². The quantitative estimate of drug-likeness (QED) is 0.863. The number of pyridine rings is 1. The summed E-state index contributed by atoms with van der Waals surface area (Å²) in [5.41, 5.74) is 1.67. The van der Waals surface area contributed by atoms with Crippen LogP contribution in [0.1, 0.15) is 28.9 Å². The third kappa shape index (κ3) is 3.29. The Morgan fingerprint density at radius 2 is 2.00 bits per heavy atom. The summed E-state index contributed by atoms with van der Waals surface area (Å²) in [6, 6.07) is 11.3. The fourth-order valence-electron chi connectivity index (χ4n) is 1.60. The number of nitrogens with zero attached hydrogens (tertiary/aromatic N) is 1. The summed E-state index contributed by atoms with van der Waals surface area (Å²) in [7, 11) is 0. The molecule has 0 fully saturated rings. The van der Waals surface area contributed by atoms with E-state index >= 15 is 0 Å². The van der Waals surface area contributed by atoms with Gasteiger partial charge in [-0.3, -0.25) is 9.78 Å². The fourth-order valence-corrected chi connectivity index (χ4v) is 1.96. The second kappa shape index (κ2) is 5.95. The molecule has 0 aliphatic carbocycles. The van der Waals surface area contributed by atoms with Gasteiger partial charge in [-0.15, -0.1) is 0 Å². The van der Waals surface area contributed by atoms with Gasteiger partial charge in [0.25, 0.3) is 5.91 Å². The Hall–Kier alpha value is -1.43. The molecule has 2 rings (SSSR count). The SMILES string of the molecule is CC(NC(=O)c1ccc(I)cc1)c1cccnc1. The molecule has 3 nitrogen and oxygen atoms in total. The highest BCUT2D eigenvalue weighted by atomic mass is 127. The highest BCUT2D eigenvalue weighted by molar-refractivity contribution is 14.1. The van der Waals surface area contributed by atoms with Crippen LogP contribution in [0.25, 0.3) is 0 Å². The molecule has 1 aromatic heterocycles. The van der Waals surface area contributed by atoms with Gasteiger partial charge in [0.2, 0.25) is 0 Å². The summed E-state index contributed by atoms with van der Waals surface area (Å²) in [5.74, 6) is -0.0669. The number of nitrogens with one attached hydrogen (secondary N) is 1. The van der Waals surface area contributed by atoms with Crippen LogP contribution in [0.3, 0.4) is 0 Å². The smallest absolute Gasteiger partial charge is 0.251 e. The summed E-state index contributed by atoms with van der Waals surface area (Å²) >= 11 is 2.21. The van der Waals surface area contributed by atoms with E-state index in [0.29, 0.717) is 5.56 Å². The van der Waals surface area contributed by atoms with Crippen LogP contribution in [0.15, 0.2) is 48.8 Å². The zero-order valence-electron chi connectivity index (χ0n) is 9.93. The molecule has 1 atom stereocenters. The van der Waals surface area contributed by atoms with E-state index in [1.807, 2.05) is 43.3 Å². The second-order valence-electron chi connectivity index (χ2n) is 3.99. The van der Waals surface area contributed by atoms with Gasteiger partial charge in [0.15, 0.2) is 0 Å². The van der Waals surface area contributed by atoms with Gasteiger partial charge in [0.05, 0.1) is 6.04 Å². The number of hydrogen-bond donors (Lipinski definition) is 1. The predicted molar refractivity (Wildman–Crippen MR) is 79.3 cm³/mol. The first kappa shape index (κ1) is 13.0. The molecule has 0 saturated heterocycles. The van der Waals surface area contributed by atoms with E-state index in [1.54, 1.807) is 12.4 Å². The Morgan fingerprint density at radius 1 is 1.28 bits per heavy atom. The number of benzene rings is 1. The molecule has 0 bridgehead atoms. The van der Waals surface area contributed by atoms with Crippen LogP contribution in [0, 0.1) is 3.57 Å². The van der Waals surface area contributed by atoms with Crippen molar-refractivity contribution in [1.82, 2.24) is 10.3 Å². The largest absolute Gasteiger partial charge is 0.345 e. The number of amides is 1. The lowest BCUT2D eigenvalue weighted by Crippen LogP contribution is -2.26. The van der Waals surface area contributed by atoms with Crippen LogP contribution in [-0.2, 0) is 0 Å². The lowest BCUT2D eigenvalue weighted by molar-refractivity contribution is 0.0940. The molecule has 1 unspecified atom stereocenters. The zero-order chi connectivity index (χ0) is 13.0. The van der Waals surface area contributed by atoms with Crippen molar-refractivity contribution in [2.75, 3.05) is 0 Å². The molecule has 92 valence electrons. The predicted octanol–water partition coefficient (Wildman–Crippen LogP) is 3.18. The molecule has 1 heterocycles. The minimum atomic E-state index is -0.0669. The minimum Gasteiger partial charge on any atom is -0.345 e. The molecule has 2 aromatic rings. The van der Waals surface area contributed by atoms with Crippen molar-refractivity contribution in [1.29, 1.82) is 0 Å². The van der Waals surface area contributed by atoms with Crippen molar-refractivity contribution in [2.24, 2.45) is 0 Å². The van der Waals surface area contributed by atoms with Crippen molar-refractivity contribution in [3.05, 3.63) is 63.5 Å². The van der Waals surface area contributed by atoms with Crippen LogP contribution in [0.5, 0.6) is 0 Å². The maximum absolute atomic E-state index is 12.0. The molecular weight excluding hydrogens is 339 g/mol. The number of carbonyl (C=O) groups is 1. The summed E-state index contributed by atoms with van der Waals surface area (Å²) < 4.78 is 1.12. The van der Waals surface area contributed by atoms with Gasteiger partial charge >= 0.3 is 0 Å². The van der Waals surface area contributed by atoms with Gasteiger partial charge in [-0.2, -0.15) is 0 Å². The van der Waals surface area contributed by atoms with E-state index in [1.165, 1.54) is 0 Å². The zero-order valence-corrected chi connectivity index (χ0v) is 12.1. The van der Waals surface area contributed by atoms with E-state index < -0.39 is 0 Å². The number of halogens is 1. The maximum Gasteiger partial charge on any atom is 0.251 e. The first-order valence-electron chi connectivity index (χ1n) is 5.63. The molecule has 18 heavy (non-hydrogen) atoms. The molecule has 1 aromatic carbocycles. The van der Waals surface area contributed by atoms with Crippen molar-refractivity contribution < 1.29 is 4.79 Å². The van der Waals surface area contributed by atoms with E-state index in [4.69, 9.17) is 0 Å². The average molecular weight is 352 g/mol. The Balaban J connectivity index is 2.06. The molecule has 4 heteroatoms. The first-order chi connectivity index (χ1) is 8.66. The van der Waals surface area contributed by atoms with Crippen LogP contribution in [-0.4, -0.2) is 10.9 Å². The third-order valence-electron chi connectivity index (χ3n) is 2.64. The van der Waals surface area contributed by atoms with Gasteiger partial charge in [-0.25, -0.2) is 0 Å². The number of aromatic nitrogens is 1. The van der Waals surface area contributed by atoms with E-state index in [9.17, 15) is 4.79 Å². The summed E-state index contributed by atoms with van der Waals surface area (Å²) in [5, 5.41) is 2.95. The van der Waals surface area contributed by atoms with Crippen LogP contribution in [0.4, 0.5) is 0 Å². The molecule has 0 spiro atoms. The highest BCUT2D eigenvalue weighted by Crippen LogP contribution is 2.12. The second-order valence-corrected chi connectivity index (χ2v) is 5.23. The number of rotatable bonds is 3. The Bertz CT molecular complexity index is 525. The maximum atomic E-state index is 12.0. The van der Waals surface area contributed by atoms with Gasteiger partial charge < -0.3 is 5.32 Å². The molecule has 0 aliphatic heterocycles. The van der Waals surface area contributed by atoms with E-state index in [-0.39, 0.29) is 11.9 Å². The monoisotopic (exact) mass is 352 g/mol. The van der Waals surface area contributed by atoms with Gasteiger partial charge in [-0.1, -0.05) is 6.07 Å². The fraction of sp³-hybridized carbons (Fsp3) is 0.143. The van der Waals surface area contributed by atoms with E-state index in [0.717, 1.165) is 9.13 Å². The average Bonchev–Trinajstić information content (AvgIpc) is 2.40. The lowest BCUT2D eigenvalue weighted by Gasteiger charge is -2.13. The lowest BCUT2D eigenvalue weighted by atomic mass is 10.1. The third-order valence-corrected chi connectivity index (χ3v) is 3.36. The minimum absolute atomic E-state index is 0.0505. The molecule has 0 aliphatic rings. The summed E-state index contributed by atoms with van der Waals surface area (Å²) in [4.78, 5) is 16.1. The molecule has 0 radical (unpaired) electrons. The number of carbonyl (C=O) groups excluding carboxylic acids is 1. The van der Waals surface area contributed by atoms with Gasteiger partial charge in [-0.05, 0) is 65.4 Å². The Kier molecular flexibility index (Phi) is 4.30. The van der Waals surface area contributed by atoms with Crippen LogP contribution < -0.4 is 5.32 Å². The Morgan fingerprint density at radius 3 is 2.61 bits per heavy atom. The van der Waals surface area contributed by atoms with Crippen molar-refractivity contribution >= 4 is 28.5 Å². The highest BCUT2D eigenvalue weighted by Gasteiger charge is 2.10. The van der Waals surface area contributed by atoms with Crippen molar-refractivity contribution in [3.63, 3.8) is 0 Å². The molecule has 1 amide bonds. The topological polar surface area (TPSA) is 42.0 Å². The van der Waals surface area contributed by atoms with Crippen molar-refractivity contribution in [2.45, 2.75) is 13.0 Å². The van der Waals surface area contributed by atoms with Crippen LogP contribution in [0.2, 0.25) is 0 Å². The van der Waals surface area contributed by atoms with Crippen LogP contribution >= 0.6 is 22.6 Å². The van der Waals surface area contributed by atoms with E-state index in [2.05, 4.69) is 32.9 Å². The van der Waals surface area contributed by atoms with Crippen molar-refractivity contribution in [3.8, 4) is 0 Å². The first-order valence-corrected chi connectivity index (χ1v) is 6.71. The molecule has 1 N–H and O–H groups in total. The summed E-state index contributed by atoms with van der Waals surface area (Å²) in [6.45, 7) is 1.95. The molecular formula is C14H13IN2O. The van der Waals surface area contributed by atoms with Gasteiger partial charge in [0, 0.05) is 21.5 Å². The summed E-state index contributed by atoms with van der Waals surface area (Å²) in [6.07, 6.45) is 3.48. The normalized spacial score (nSPS) is 11.9. The van der Waals surface area contributed by atoms with Gasteiger partial charge in [0.1, 0.15) is 0 Å².